The van der Waals surface area contributed by atoms with E-state index in [0.717, 1.165) is 12.1 Å². The smallest absolute Gasteiger partial charge is 0.416 e. The molecule has 0 aliphatic carbocycles. The summed E-state index contributed by atoms with van der Waals surface area (Å²) in [7, 11) is 1.25. The summed E-state index contributed by atoms with van der Waals surface area (Å²) in [5, 5.41) is 0. The number of carbonyl (C=O) groups excluding carboxylic acids is 3. The van der Waals surface area contributed by atoms with Gasteiger partial charge in [-0.05, 0) is 43.9 Å². The highest BCUT2D eigenvalue weighted by molar-refractivity contribution is 5.96. The number of alkyl halides is 3. The third kappa shape index (κ3) is 6.20. The molecule has 0 unspecified atom stereocenters. The molecule has 0 radical (unpaired) electrons. The molecule has 1 saturated heterocycles. The maximum Gasteiger partial charge on any atom is 0.416 e. The topological polar surface area (TPSA) is 72.9 Å². The first kappa shape index (κ1) is 22.7. The van der Waals surface area contributed by atoms with E-state index in [1.54, 1.807) is 6.92 Å². The minimum Gasteiger partial charge on any atom is -0.466 e. The van der Waals surface area contributed by atoms with Crippen molar-refractivity contribution in [2.24, 2.45) is 5.92 Å². The van der Waals surface area contributed by atoms with Gasteiger partial charge in [-0.3, -0.25) is 9.59 Å². The summed E-state index contributed by atoms with van der Waals surface area (Å²) in [6.45, 7) is 2.10. The molecule has 2 rings (SSSR count). The minimum absolute atomic E-state index is 0.184. The van der Waals surface area contributed by atoms with Crippen molar-refractivity contribution in [3.8, 4) is 0 Å². The lowest BCUT2D eigenvalue weighted by Gasteiger charge is -2.38. The Morgan fingerprint density at radius 3 is 2.38 bits per heavy atom. The Morgan fingerprint density at radius 2 is 1.83 bits per heavy atom. The number of hydrogen-bond acceptors (Lipinski definition) is 5. The van der Waals surface area contributed by atoms with Crippen molar-refractivity contribution in [1.82, 2.24) is 4.90 Å². The van der Waals surface area contributed by atoms with Gasteiger partial charge >= 0.3 is 18.2 Å². The summed E-state index contributed by atoms with van der Waals surface area (Å²) in [5.74, 6) is -1.28. The van der Waals surface area contributed by atoms with Crippen LogP contribution in [0, 0.1) is 5.92 Å². The maximum atomic E-state index is 12.7. The van der Waals surface area contributed by atoms with E-state index in [9.17, 15) is 27.6 Å². The molecule has 1 fully saturated rings. The highest BCUT2D eigenvalue weighted by atomic mass is 19.4. The van der Waals surface area contributed by atoms with Crippen molar-refractivity contribution in [2.45, 2.75) is 44.8 Å². The lowest BCUT2D eigenvalue weighted by atomic mass is 9.84. The first-order valence-electron chi connectivity index (χ1n) is 9.34. The van der Waals surface area contributed by atoms with Gasteiger partial charge in [0.15, 0.2) is 0 Å². The molecule has 1 aliphatic heterocycles. The third-order valence-electron chi connectivity index (χ3n) is 4.96. The molecule has 1 heterocycles. The number of esters is 1. The summed E-state index contributed by atoms with van der Waals surface area (Å²) >= 11 is 0. The van der Waals surface area contributed by atoms with Gasteiger partial charge in [-0.2, -0.15) is 13.2 Å². The second-order valence-electron chi connectivity index (χ2n) is 6.89. The number of benzene rings is 1. The molecule has 1 amide bonds. The molecular formula is C20H24F3NO5. The van der Waals surface area contributed by atoms with Gasteiger partial charge in [0, 0.05) is 18.5 Å². The fourth-order valence-corrected chi connectivity index (χ4v) is 3.50. The number of nitrogens with zero attached hydrogens (tertiary/aromatic N) is 1. The molecule has 0 saturated carbocycles. The Labute approximate surface area is 167 Å². The van der Waals surface area contributed by atoms with Gasteiger partial charge < -0.3 is 14.4 Å². The van der Waals surface area contributed by atoms with E-state index in [0.29, 0.717) is 18.4 Å². The predicted octanol–water partition coefficient (Wildman–Crippen LogP) is 3.62. The average molecular weight is 415 g/mol. The molecule has 1 aliphatic rings. The van der Waals surface area contributed by atoms with Crippen LogP contribution in [0.15, 0.2) is 24.3 Å². The molecule has 6 nitrogen and oxygen atoms in total. The van der Waals surface area contributed by atoms with Crippen molar-refractivity contribution < 1.29 is 37.0 Å². The van der Waals surface area contributed by atoms with Gasteiger partial charge in [-0.1, -0.05) is 12.1 Å². The fraction of sp³-hybridized carbons (Fsp3) is 0.550. The number of amides is 1. The van der Waals surface area contributed by atoms with Crippen LogP contribution in [-0.4, -0.2) is 49.0 Å². The SMILES string of the molecule is CCOC(=O)CC(=O)[C@@H]1CCN(C(=O)OC)[C@H](Cc2ccc(C(F)(F)F)cc2)C1. The molecular weight excluding hydrogens is 391 g/mol. The van der Waals surface area contributed by atoms with Crippen molar-refractivity contribution in [1.29, 1.82) is 0 Å². The van der Waals surface area contributed by atoms with E-state index >= 15 is 0 Å². The number of ketones is 1. The van der Waals surface area contributed by atoms with Gasteiger partial charge in [0.25, 0.3) is 0 Å². The molecule has 0 spiro atoms. The first-order chi connectivity index (χ1) is 13.7. The van der Waals surface area contributed by atoms with Crippen molar-refractivity contribution in [2.75, 3.05) is 20.3 Å². The first-order valence-corrected chi connectivity index (χ1v) is 9.34. The standard InChI is InChI=1S/C20H24F3NO5/c1-3-29-18(26)12-17(25)14-8-9-24(19(27)28-2)16(11-14)10-13-4-6-15(7-5-13)20(21,22)23/h4-7,14,16H,3,8-12H2,1-2H3/t14-,16-/m1/s1. The number of piperidine rings is 1. The van der Waals surface area contributed by atoms with Crippen LogP contribution in [-0.2, 0) is 31.7 Å². The van der Waals surface area contributed by atoms with Crippen LogP contribution in [0.1, 0.15) is 37.3 Å². The minimum atomic E-state index is -4.42. The second kappa shape index (κ2) is 9.76. The van der Waals surface area contributed by atoms with Gasteiger partial charge in [0.2, 0.25) is 0 Å². The quantitative estimate of drug-likeness (QED) is 0.524. The lowest BCUT2D eigenvalue weighted by molar-refractivity contribution is -0.146. The molecule has 0 aromatic heterocycles. The number of rotatable bonds is 6. The van der Waals surface area contributed by atoms with Crippen molar-refractivity contribution >= 4 is 17.8 Å². The van der Waals surface area contributed by atoms with Gasteiger partial charge in [-0.15, -0.1) is 0 Å². The normalized spacial score (nSPS) is 19.6. The van der Waals surface area contributed by atoms with Crippen LogP contribution in [0.4, 0.5) is 18.0 Å². The summed E-state index contributed by atoms with van der Waals surface area (Å²) in [4.78, 5) is 37.6. The van der Waals surface area contributed by atoms with Crippen molar-refractivity contribution in [3.63, 3.8) is 0 Å². The predicted molar refractivity (Wildman–Crippen MR) is 97.0 cm³/mol. The molecule has 1 aromatic carbocycles. The fourth-order valence-electron chi connectivity index (χ4n) is 3.50. The number of Topliss-reactive ketones (excluding diaryl/α,β-unsaturated/α-hetero) is 1. The Morgan fingerprint density at radius 1 is 1.17 bits per heavy atom. The monoisotopic (exact) mass is 415 g/mol. The molecule has 2 atom stereocenters. The van der Waals surface area contributed by atoms with E-state index < -0.39 is 35.8 Å². The van der Waals surface area contributed by atoms with Gasteiger partial charge in [0.1, 0.15) is 12.2 Å². The second-order valence-corrected chi connectivity index (χ2v) is 6.89. The lowest BCUT2D eigenvalue weighted by Crippen LogP contribution is -2.48. The van der Waals surface area contributed by atoms with E-state index in [1.165, 1.54) is 24.1 Å². The van der Waals surface area contributed by atoms with Crippen LogP contribution in [0.3, 0.4) is 0 Å². The highest BCUT2D eigenvalue weighted by Crippen LogP contribution is 2.31. The number of hydrogen-bond donors (Lipinski definition) is 0. The van der Waals surface area contributed by atoms with Crippen molar-refractivity contribution in [3.05, 3.63) is 35.4 Å². The Hall–Kier alpha value is -2.58. The van der Waals surface area contributed by atoms with Gasteiger partial charge in [0.05, 0.1) is 19.3 Å². The van der Waals surface area contributed by atoms with Gasteiger partial charge in [-0.25, -0.2) is 4.79 Å². The largest absolute Gasteiger partial charge is 0.466 e. The summed E-state index contributed by atoms with van der Waals surface area (Å²) in [6, 6.07) is 4.28. The molecule has 29 heavy (non-hydrogen) atoms. The van der Waals surface area contributed by atoms with E-state index in [-0.39, 0.29) is 31.8 Å². The molecule has 0 N–H and O–H groups in total. The molecule has 1 aromatic rings. The van der Waals surface area contributed by atoms with E-state index in [1.807, 2.05) is 0 Å². The number of halogens is 3. The molecule has 160 valence electrons. The Bertz CT molecular complexity index is 733. The van der Waals surface area contributed by atoms with Crippen LogP contribution in [0.2, 0.25) is 0 Å². The number of methoxy groups -OCH3 is 1. The highest BCUT2D eigenvalue weighted by Gasteiger charge is 2.36. The zero-order valence-electron chi connectivity index (χ0n) is 16.3. The maximum absolute atomic E-state index is 12.7. The zero-order valence-corrected chi connectivity index (χ0v) is 16.3. The van der Waals surface area contributed by atoms with E-state index in [2.05, 4.69) is 0 Å². The summed E-state index contributed by atoms with van der Waals surface area (Å²) in [5.41, 5.74) is -0.146. The number of likely N-dealkylation sites (tertiary alicyclic amines) is 1. The number of carbonyl (C=O) groups is 3. The summed E-state index contributed by atoms with van der Waals surface area (Å²) in [6.07, 6.45) is -4.35. The zero-order chi connectivity index (χ0) is 21.6. The third-order valence-corrected chi connectivity index (χ3v) is 4.96. The Kier molecular flexibility index (Phi) is 7.64. The van der Waals surface area contributed by atoms with Crippen LogP contribution < -0.4 is 0 Å². The molecule has 9 heteroatoms. The Balaban J connectivity index is 2.12. The van der Waals surface area contributed by atoms with Crippen LogP contribution >= 0.6 is 0 Å². The van der Waals surface area contributed by atoms with Crippen LogP contribution in [0.5, 0.6) is 0 Å². The molecule has 0 bridgehead atoms. The van der Waals surface area contributed by atoms with E-state index in [4.69, 9.17) is 9.47 Å². The van der Waals surface area contributed by atoms with Crippen LogP contribution in [0.25, 0.3) is 0 Å². The number of ether oxygens (including phenoxy) is 2. The average Bonchev–Trinajstić information content (AvgIpc) is 2.67. The summed E-state index contributed by atoms with van der Waals surface area (Å²) < 4.78 is 47.8.